The Labute approximate surface area is 97.6 Å². The molecule has 84 valence electrons. The summed E-state index contributed by atoms with van der Waals surface area (Å²) in [7, 11) is 0. The first-order chi connectivity index (χ1) is 7.58. The molecule has 0 fully saturated rings. The van der Waals surface area contributed by atoms with E-state index < -0.39 is 11.9 Å². The Bertz CT molecular complexity index is 530. The minimum atomic E-state index is -0.811. The Hall–Kier alpha value is -1.48. The minimum absolute atomic E-state index is 0.324. The van der Waals surface area contributed by atoms with Crippen LogP contribution >= 0.6 is 11.6 Å². The van der Waals surface area contributed by atoms with Gasteiger partial charge in [0, 0.05) is 11.5 Å². The highest BCUT2D eigenvalue weighted by Crippen LogP contribution is 2.27. The van der Waals surface area contributed by atoms with Gasteiger partial charge in [-0.05, 0) is 23.6 Å². The molecule has 0 bridgehead atoms. The summed E-state index contributed by atoms with van der Waals surface area (Å²) in [6, 6.07) is 7.35. The highest BCUT2D eigenvalue weighted by molar-refractivity contribution is 6.29. The fraction of sp³-hybridized carbons (Fsp3) is 0.250. The Morgan fingerprint density at radius 3 is 3.00 bits per heavy atom. The predicted molar refractivity (Wildman–Crippen MR) is 61.7 cm³/mol. The van der Waals surface area contributed by atoms with Crippen LogP contribution in [0.25, 0.3) is 11.0 Å². The van der Waals surface area contributed by atoms with Gasteiger partial charge in [0.15, 0.2) is 5.22 Å². The molecule has 2 aromatic rings. The Morgan fingerprint density at radius 1 is 1.56 bits per heavy atom. The average Bonchev–Trinajstić information content (AvgIpc) is 2.59. The SMILES string of the molecule is CC(Cc1cccc2cc(Cl)oc12)C(=O)O. The molecule has 0 radical (unpaired) electrons. The first kappa shape index (κ1) is 11.0. The summed E-state index contributed by atoms with van der Waals surface area (Å²) in [5, 5.41) is 10.1. The maximum atomic E-state index is 10.8. The molecule has 1 atom stereocenters. The fourth-order valence-corrected chi connectivity index (χ4v) is 1.86. The lowest BCUT2D eigenvalue weighted by molar-refractivity contribution is -0.141. The summed E-state index contributed by atoms with van der Waals surface area (Å²) >= 11 is 5.77. The molecule has 0 aliphatic heterocycles. The van der Waals surface area contributed by atoms with Crippen LogP contribution in [0.2, 0.25) is 5.22 Å². The minimum Gasteiger partial charge on any atom is -0.481 e. The van der Waals surface area contributed by atoms with Crippen molar-refractivity contribution in [2.45, 2.75) is 13.3 Å². The van der Waals surface area contributed by atoms with E-state index in [1.165, 1.54) is 0 Å². The van der Waals surface area contributed by atoms with Crippen molar-refractivity contribution in [2.75, 3.05) is 0 Å². The zero-order chi connectivity index (χ0) is 11.7. The summed E-state index contributed by atoms with van der Waals surface area (Å²) in [6.45, 7) is 1.67. The quantitative estimate of drug-likeness (QED) is 0.892. The van der Waals surface area contributed by atoms with Gasteiger partial charge in [0.2, 0.25) is 0 Å². The van der Waals surface area contributed by atoms with E-state index >= 15 is 0 Å². The number of halogens is 1. The standard InChI is InChI=1S/C12H11ClO3/c1-7(12(14)15)5-8-3-2-4-9-6-10(13)16-11(8)9/h2-4,6-7H,5H2,1H3,(H,14,15). The van der Waals surface area contributed by atoms with Crippen molar-refractivity contribution < 1.29 is 14.3 Å². The molecule has 1 unspecified atom stereocenters. The molecule has 1 aromatic heterocycles. The second kappa shape index (κ2) is 4.18. The van der Waals surface area contributed by atoms with Gasteiger partial charge >= 0.3 is 5.97 Å². The van der Waals surface area contributed by atoms with Crippen LogP contribution in [0, 0.1) is 5.92 Å². The number of carboxylic acids is 1. The number of benzene rings is 1. The monoisotopic (exact) mass is 238 g/mol. The third-order valence-electron chi connectivity index (χ3n) is 2.54. The van der Waals surface area contributed by atoms with Crippen LogP contribution in [0.1, 0.15) is 12.5 Å². The number of hydrogen-bond donors (Lipinski definition) is 1. The highest BCUT2D eigenvalue weighted by Gasteiger charge is 2.15. The molecule has 0 saturated carbocycles. The number of fused-ring (bicyclic) bond motifs is 1. The van der Waals surface area contributed by atoms with Gasteiger partial charge in [0.25, 0.3) is 0 Å². The molecule has 16 heavy (non-hydrogen) atoms. The third kappa shape index (κ3) is 2.04. The number of furan rings is 1. The van der Waals surface area contributed by atoms with E-state index in [4.69, 9.17) is 21.1 Å². The fourth-order valence-electron chi connectivity index (χ4n) is 1.67. The largest absolute Gasteiger partial charge is 0.481 e. The van der Waals surface area contributed by atoms with Gasteiger partial charge in [0.1, 0.15) is 5.58 Å². The highest BCUT2D eigenvalue weighted by atomic mass is 35.5. The van der Waals surface area contributed by atoms with E-state index in [1.54, 1.807) is 13.0 Å². The van der Waals surface area contributed by atoms with Crippen molar-refractivity contribution in [3.05, 3.63) is 35.0 Å². The third-order valence-corrected chi connectivity index (χ3v) is 2.73. The van der Waals surface area contributed by atoms with E-state index in [1.807, 2.05) is 18.2 Å². The van der Waals surface area contributed by atoms with Crippen molar-refractivity contribution >= 4 is 28.5 Å². The lowest BCUT2D eigenvalue weighted by Crippen LogP contribution is -2.12. The Morgan fingerprint density at radius 2 is 2.31 bits per heavy atom. The summed E-state index contributed by atoms with van der Waals surface area (Å²) in [5.74, 6) is -1.25. The van der Waals surface area contributed by atoms with Crippen molar-refractivity contribution in [3.8, 4) is 0 Å². The van der Waals surface area contributed by atoms with Gasteiger partial charge in [-0.15, -0.1) is 0 Å². The smallest absolute Gasteiger partial charge is 0.306 e. The van der Waals surface area contributed by atoms with E-state index in [2.05, 4.69) is 0 Å². The second-order valence-electron chi connectivity index (χ2n) is 3.83. The molecular weight excluding hydrogens is 228 g/mol. The lowest BCUT2D eigenvalue weighted by atomic mass is 10.00. The predicted octanol–water partition coefficient (Wildman–Crippen LogP) is 3.35. The van der Waals surface area contributed by atoms with E-state index in [9.17, 15) is 4.79 Å². The zero-order valence-corrected chi connectivity index (χ0v) is 9.49. The van der Waals surface area contributed by atoms with Gasteiger partial charge in [0.05, 0.1) is 5.92 Å². The molecule has 3 nitrogen and oxygen atoms in total. The average molecular weight is 239 g/mol. The van der Waals surface area contributed by atoms with Crippen LogP contribution in [-0.4, -0.2) is 11.1 Å². The van der Waals surface area contributed by atoms with Crippen LogP contribution in [-0.2, 0) is 11.2 Å². The van der Waals surface area contributed by atoms with Gasteiger partial charge in [-0.3, -0.25) is 4.79 Å². The molecule has 0 aliphatic carbocycles. The van der Waals surface area contributed by atoms with E-state index in [0.29, 0.717) is 17.2 Å². The van der Waals surface area contributed by atoms with Crippen molar-refractivity contribution in [1.29, 1.82) is 0 Å². The van der Waals surface area contributed by atoms with Gasteiger partial charge in [-0.25, -0.2) is 0 Å². The molecule has 0 amide bonds. The normalized spacial score (nSPS) is 12.9. The lowest BCUT2D eigenvalue weighted by Gasteiger charge is -2.06. The van der Waals surface area contributed by atoms with Crippen LogP contribution in [0.5, 0.6) is 0 Å². The van der Waals surface area contributed by atoms with Crippen LogP contribution in [0.15, 0.2) is 28.7 Å². The van der Waals surface area contributed by atoms with Crippen LogP contribution in [0.4, 0.5) is 0 Å². The molecule has 0 saturated heterocycles. The first-order valence-corrected chi connectivity index (χ1v) is 5.35. The number of hydrogen-bond acceptors (Lipinski definition) is 2. The van der Waals surface area contributed by atoms with Crippen molar-refractivity contribution in [1.82, 2.24) is 0 Å². The molecular formula is C12H11ClO3. The maximum absolute atomic E-state index is 10.8. The van der Waals surface area contributed by atoms with E-state index in [0.717, 1.165) is 10.9 Å². The molecule has 1 heterocycles. The number of para-hydroxylation sites is 1. The van der Waals surface area contributed by atoms with E-state index in [-0.39, 0.29) is 0 Å². The van der Waals surface area contributed by atoms with Crippen LogP contribution < -0.4 is 0 Å². The van der Waals surface area contributed by atoms with Gasteiger partial charge in [-0.1, -0.05) is 25.1 Å². The summed E-state index contributed by atoms with van der Waals surface area (Å²) < 4.78 is 5.35. The molecule has 0 aliphatic rings. The second-order valence-corrected chi connectivity index (χ2v) is 4.20. The van der Waals surface area contributed by atoms with Gasteiger partial charge in [-0.2, -0.15) is 0 Å². The Kier molecular flexibility index (Phi) is 2.88. The van der Waals surface area contributed by atoms with Gasteiger partial charge < -0.3 is 9.52 Å². The van der Waals surface area contributed by atoms with Crippen molar-refractivity contribution in [2.24, 2.45) is 5.92 Å². The summed E-state index contributed by atoms with van der Waals surface area (Å²) in [4.78, 5) is 10.8. The van der Waals surface area contributed by atoms with Crippen LogP contribution in [0.3, 0.4) is 0 Å². The molecule has 0 spiro atoms. The van der Waals surface area contributed by atoms with Crippen molar-refractivity contribution in [3.63, 3.8) is 0 Å². The number of carbonyl (C=O) groups is 1. The number of aliphatic carboxylic acids is 1. The summed E-state index contributed by atoms with van der Waals surface area (Å²) in [6.07, 6.45) is 0.441. The first-order valence-electron chi connectivity index (χ1n) is 4.97. The summed E-state index contributed by atoms with van der Waals surface area (Å²) in [5.41, 5.74) is 1.56. The maximum Gasteiger partial charge on any atom is 0.306 e. The molecule has 2 rings (SSSR count). The number of carboxylic acid groups (broad SMARTS) is 1. The number of rotatable bonds is 3. The molecule has 1 N–H and O–H groups in total. The molecule has 4 heteroatoms. The topological polar surface area (TPSA) is 50.4 Å². The zero-order valence-electron chi connectivity index (χ0n) is 8.74. The molecule has 1 aromatic carbocycles. The Balaban J connectivity index is 2.40.